The molecule has 0 spiro atoms. The number of hydrogen-bond acceptors (Lipinski definition) is 4. The minimum Gasteiger partial charge on any atom is -0.242 e. The van der Waals surface area contributed by atoms with Crippen LogP contribution in [-0.4, -0.2) is 40.8 Å². The maximum absolute atomic E-state index is 12.9. The summed E-state index contributed by atoms with van der Waals surface area (Å²) in [7, 11) is -4.14. The number of alkyl halides is 6. The number of piperidine rings is 1. The van der Waals surface area contributed by atoms with E-state index in [1.54, 1.807) is 0 Å². The Hall–Kier alpha value is -2.67. The third-order valence-corrected chi connectivity index (χ3v) is 7.26. The highest BCUT2D eigenvalue weighted by Gasteiger charge is 2.35. The Morgan fingerprint density at radius 1 is 0.875 bits per heavy atom. The SMILES string of the molecule is O=S(=O)(c1cccc(C(F)(F)F)c1)N1CCC(n2nnc3cc(C(F)(F)F)ccc32)CC1. The summed E-state index contributed by atoms with van der Waals surface area (Å²) in [5.41, 5.74) is -1.45. The summed E-state index contributed by atoms with van der Waals surface area (Å²) >= 11 is 0. The molecule has 1 aromatic heterocycles. The average Bonchev–Trinajstić information content (AvgIpc) is 3.16. The molecule has 1 aliphatic rings. The van der Waals surface area contributed by atoms with Crippen LogP contribution in [0.5, 0.6) is 0 Å². The van der Waals surface area contributed by atoms with Gasteiger partial charge in [0.25, 0.3) is 0 Å². The van der Waals surface area contributed by atoms with Crippen LogP contribution in [0.15, 0.2) is 47.4 Å². The Bertz CT molecular complexity index is 1240. The van der Waals surface area contributed by atoms with Crippen LogP contribution in [0.1, 0.15) is 30.0 Å². The van der Waals surface area contributed by atoms with Gasteiger partial charge in [-0.25, -0.2) is 13.1 Å². The molecule has 3 aromatic rings. The molecule has 1 aliphatic heterocycles. The van der Waals surface area contributed by atoms with Crippen molar-refractivity contribution in [2.75, 3.05) is 13.1 Å². The largest absolute Gasteiger partial charge is 0.416 e. The van der Waals surface area contributed by atoms with Crippen molar-refractivity contribution in [3.05, 3.63) is 53.6 Å². The number of nitrogens with zero attached hydrogens (tertiary/aromatic N) is 4. The summed E-state index contributed by atoms with van der Waals surface area (Å²) in [6, 6.07) is 6.32. The summed E-state index contributed by atoms with van der Waals surface area (Å²) in [6.45, 7) is 0.0382. The number of halogens is 6. The molecule has 0 N–H and O–H groups in total. The smallest absolute Gasteiger partial charge is 0.242 e. The van der Waals surface area contributed by atoms with Crippen molar-refractivity contribution < 1.29 is 34.8 Å². The van der Waals surface area contributed by atoms with E-state index in [4.69, 9.17) is 0 Å². The molecule has 6 nitrogen and oxygen atoms in total. The molecule has 32 heavy (non-hydrogen) atoms. The monoisotopic (exact) mass is 478 g/mol. The van der Waals surface area contributed by atoms with Gasteiger partial charge < -0.3 is 0 Å². The first-order chi connectivity index (χ1) is 14.9. The fraction of sp³-hybridized carbons (Fsp3) is 0.368. The Balaban J connectivity index is 1.52. The van der Waals surface area contributed by atoms with Crippen molar-refractivity contribution in [1.29, 1.82) is 0 Å². The summed E-state index contributed by atoms with van der Waals surface area (Å²) in [4.78, 5) is -0.448. The van der Waals surface area contributed by atoms with E-state index >= 15 is 0 Å². The van der Waals surface area contributed by atoms with Crippen LogP contribution in [0.2, 0.25) is 0 Å². The molecule has 4 rings (SSSR count). The van der Waals surface area contributed by atoms with Gasteiger partial charge in [-0.15, -0.1) is 5.10 Å². The highest BCUT2D eigenvalue weighted by molar-refractivity contribution is 7.89. The van der Waals surface area contributed by atoms with Crippen molar-refractivity contribution in [3.8, 4) is 0 Å². The van der Waals surface area contributed by atoms with Gasteiger partial charge in [-0.2, -0.15) is 30.6 Å². The van der Waals surface area contributed by atoms with Crippen molar-refractivity contribution >= 4 is 21.1 Å². The molecule has 1 saturated heterocycles. The number of hydrogen-bond donors (Lipinski definition) is 0. The first kappa shape index (κ1) is 22.5. The molecule has 0 unspecified atom stereocenters. The lowest BCUT2D eigenvalue weighted by Gasteiger charge is -2.31. The number of rotatable bonds is 3. The molecule has 0 amide bonds. The van der Waals surface area contributed by atoms with Crippen LogP contribution >= 0.6 is 0 Å². The normalized spacial score (nSPS) is 17.2. The second kappa shape index (κ2) is 7.73. The van der Waals surface area contributed by atoms with Gasteiger partial charge in [0, 0.05) is 13.1 Å². The fourth-order valence-corrected chi connectivity index (χ4v) is 5.21. The number of aromatic nitrogens is 3. The lowest BCUT2D eigenvalue weighted by atomic mass is 10.1. The maximum Gasteiger partial charge on any atom is 0.416 e. The molecule has 0 radical (unpaired) electrons. The van der Waals surface area contributed by atoms with Crippen LogP contribution in [0, 0.1) is 0 Å². The van der Waals surface area contributed by atoms with Gasteiger partial charge in [-0.05, 0) is 49.2 Å². The van der Waals surface area contributed by atoms with Crippen LogP contribution < -0.4 is 0 Å². The third-order valence-electron chi connectivity index (χ3n) is 5.37. The summed E-state index contributed by atoms with van der Waals surface area (Å²) < 4.78 is 106. The van der Waals surface area contributed by atoms with Crippen LogP contribution in [0.3, 0.4) is 0 Å². The van der Waals surface area contributed by atoms with Crippen molar-refractivity contribution in [1.82, 2.24) is 19.3 Å². The minimum absolute atomic E-state index is 0.0191. The number of fused-ring (bicyclic) bond motifs is 1. The van der Waals surface area contributed by atoms with Crippen molar-refractivity contribution in [2.24, 2.45) is 0 Å². The summed E-state index contributed by atoms with van der Waals surface area (Å²) in [6.07, 6.45) is -8.63. The predicted octanol–water partition coefficient (Wildman–Crippen LogP) is 4.49. The molecule has 13 heteroatoms. The van der Waals surface area contributed by atoms with Gasteiger partial charge in [0.15, 0.2) is 0 Å². The van der Waals surface area contributed by atoms with Crippen molar-refractivity contribution in [3.63, 3.8) is 0 Å². The zero-order valence-electron chi connectivity index (χ0n) is 16.2. The fourth-order valence-electron chi connectivity index (χ4n) is 3.70. The summed E-state index contributed by atoms with van der Waals surface area (Å²) in [5, 5.41) is 7.72. The van der Waals surface area contributed by atoms with Gasteiger partial charge in [0.2, 0.25) is 10.0 Å². The average molecular weight is 478 g/mol. The zero-order chi connectivity index (χ0) is 23.3. The van der Waals surface area contributed by atoms with E-state index in [0.717, 1.165) is 34.6 Å². The molecule has 0 aliphatic carbocycles. The van der Waals surface area contributed by atoms with Crippen molar-refractivity contribution in [2.45, 2.75) is 36.1 Å². The lowest BCUT2D eigenvalue weighted by Crippen LogP contribution is -2.39. The van der Waals surface area contributed by atoms with E-state index in [2.05, 4.69) is 10.3 Å². The van der Waals surface area contributed by atoms with E-state index in [0.29, 0.717) is 11.6 Å². The third kappa shape index (κ3) is 4.18. The van der Waals surface area contributed by atoms with Crippen LogP contribution in [0.4, 0.5) is 26.3 Å². The van der Waals surface area contributed by atoms with Crippen LogP contribution in [0.25, 0.3) is 11.0 Å². The molecule has 2 aromatic carbocycles. The summed E-state index contributed by atoms with van der Waals surface area (Å²) in [5.74, 6) is 0. The van der Waals surface area contributed by atoms with E-state index in [1.807, 2.05) is 0 Å². The van der Waals surface area contributed by atoms with Gasteiger partial charge in [-0.1, -0.05) is 11.3 Å². The van der Waals surface area contributed by atoms with Crippen LogP contribution in [-0.2, 0) is 22.4 Å². The molecule has 1 fully saturated rings. The molecular formula is C19H16F6N4O2S. The topological polar surface area (TPSA) is 68.1 Å². The van der Waals surface area contributed by atoms with E-state index in [1.165, 1.54) is 10.7 Å². The standard InChI is InChI=1S/C19H16F6N4O2S/c20-18(21,22)12-2-1-3-15(10-12)32(30,31)28-8-6-14(7-9-28)29-17-5-4-13(19(23,24)25)11-16(17)26-27-29/h1-5,10-11,14H,6-9H2. The first-order valence-corrected chi connectivity index (χ1v) is 10.9. The quantitative estimate of drug-likeness (QED) is 0.520. The Labute approximate surface area is 178 Å². The number of benzene rings is 2. The molecule has 0 atom stereocenters. The van der Waals surface area contributed by atoms with E-state index in [-0.39, 0.29) is 37.5 Å². The van der Waals surface area contributed by atoms with Gasteiger partial charge in [0.1, 0.15) is 5.52 Å². The minimum atomic E-state index is -4.67. The van der Waals surface area contributed by atoms with Gasteiger partial charge >= 0.3 is 12.4 Å². The molecule has 2 heterocycles. The zero-order valence-corrected chi connectivity index (χ0v) is 17.0. The highest BCUT2D eigenvalue weighted by atomic mass is 32.2. The lowest BCUT2D eigenvalue weighted by molar-refractivity contribution is -0.138. The van der Waals surface area contributed by atoms with E-state index < -0.39 is 38.4 Å². The molecule has 0 saturated carbocycles. The molecule has 172 valence electrons. The van der Waals surface area contributed by atoms with Gasteiger partial charge in [0.05, 0.1) is 27.6 Å². The number of sulfonamides is 1. The second-order valence-electron chi connectivity index (χ2n) is 7.40. The Morgan fingerprint density at radius 3 is 2.12 bits per heavy atom. The molecular weight excluding hydrogens is 462 g/mol. The second-order valence-corrected chi connectivity index (χ2v) is 9.33. The van der Waals surface area contributed by atoms with Gasteiger partial charge in [-0.3, -0.25) is 0 Å². The van der Waals surface area contributed by atoms with E-state index in [9.17, 15) is 34.8 Å². The Morgan fingerprint density at radius 2 is 1.50 bits per heavy atom. The predicted molar refractivity (Wildman–Crippen MR) is 101 cm³/mol. The highest BCUT2D eigenvalue weighted by Crippen LogP contribution is 2.34. The Kier molecular flexibility index (Phi) is 5.44. The first-order valence-electron chi connectivity index (χ1n) is 9.47. The maximum atomic E-state index is 12.9. The molecule has 0 bridgehead atoms.